The number of nitrogens with one attached hydrogen (secondary N) is 1. The van der Waals surface area contributed by atoms with Gasteiger partial charge >= 0.3 is 0 Å². The number of hydrogen-bond donors (Lipinski definition) is 2. The average Bonchev–Trinajstić information content (AvgIpc) is 3.29. The number of carbonyl (C=O) groups is 2. The van der Waals surface area contributed by atoms with Gasteiger partial charge in [-0.1, -0.05) is 0 Å². The van der Waals surface area contributed by atoms with E-state index >= 15 is 0 Å². The highest BCUT2D eigenvalue weighted by atomic mass is 16.3. The molecule has 0 bridgehead atoms. The lowest BCUT2D eigenvalue weighted by molar-refractivity contribution is -0.149. The van der Waals surface area contributed by atoms with Crippen molar-refractivity contribution < 1.29 is 14.7 Å². The van der Waals surface area contributed by atoms with Gasteiger partial charge in [-0.05, 0) is 57.4 Å². The van der Waals surface area contributed by atoms with Gasteiger partial charge in [0, 0.05) is 31.5 Å². The van der Waals surface area contributed by atoms with Crippen LogP contribution < -0.4 is 0 Å². The highest BCUT2D eigenvalue weighted by Crippen LogP contribution is 2.41. The van der Waals surface area contributed by atoms with Crippen molar-refractivity contribution in [2.75, 3.05) is 13.1 Å². The maximum Gasteiger partial charge on any atom is 0.256 e. The summed E-state index contributed by atoms with van der Waals surface area (Å²) in [6.07, 6.45) is 9.90. The zero-order chi connectivity index (χ0) is 17.4. The van der Waals surface area contributed by atoms with Crippen LogP contribution in [0.3, 0.4) is 0 Å². The van der Waals surface area contributed by atoms with Crippen molar-refractivity contribution in [2.24, 2.45) is 0 Å². The van der Waals surface area contributed by atoms with Gasteiger partial charge in [0.1, 0.15) is 5.54 Å². The van der Waals surface area contributed by atoms with Crippen LogP contribution in [0.15, 0.2) is 18.5 Å². The summed E-state index contributed by atoms with van der Waals surface area (Å²) in [7, 11) is 0. The first-order valence-electron chi connectivity index (χ1n) is 9.56. The van der Waals surface area contributed by atoms with Gasteiger partial charge in [0.25, 0.3) is 5.91 Å². The molecule has 3 aliphatic rings. The van der Waals surface area contributed by atoms with Gasteiger partial charge in [0.2, 0.25) is 5.91 Å². The summed E-state index contributed by atoms with van der Waals surface area (Å²) < 4.78 is 0. The van der Waals surface area contributed by atoms with Crippen LogP contribution in [0.25, 0.3) is 0 Å². The summed E-state index contributed by atoms with van der Waals surface area (Å²) in [4.78, 5) is 33.2. The molecular weight excluding hydrogens is 318 g/mol. The molecule has 2 aliphatic heterocycles. The van der Waals surface area contributed by atoms with Crippen LogP contribution in [-0.4, -0.2) is 62.5 Å². The molecular formula is C19H27N3O3. The number of carbonyl (C=O) groups excluding carboxylic acids is 2. The summed E-state index contributed by atoms with van der Waals surface area (Å²) in [5.41, 5.74) is -0.0187. The zero-order valence-corrected chi connectivity index (χ0v) is 14.6. The lowest BCUT2D eigenvalue weighted by Gasteiger charge is -2.48. The van der Waals surface area contributed by atoms with Crippen molar-refractivity contribution in [1.29, 1.82) is 0 Å². The molecule has 1 aromatic heterocycles. The van der Waals surface area contributed by atoms with E-state index in [2.05, 4.69) is 4.98 Å². The van der Waals surface area contributed by atoms with Gasteiger partial charge in [0.05, 0.1) is 11.7 Å². The minimum Gasteiger partial charge on any atom is -0.393 e. The number of likely N-dealkylation sites (tertiary alicyclic amines) is 2. The molecule has 2 saturated heterocycles. The number of piperidine rings is 1. The Labute approximate surface area is 148 Å². The summed E-state index contributed by atoms with van der Waals surface area (Å²) in [6.45, 7) is 1.44. The minimum atomic E-state index is -0.650. The van der Waals surface area contributed by atoms with Crippen LogP contribution in [-0.2, 0) is 4.79 Å². The van der Waals surface area contributed by atoms with Gasteiger partial charge in [-0.25, -0.2) is 0 Å². The number of amides is 2. The number of aliphatic hydroxyl groups is 1. The van der Waals surface area contributed by atoms with Crippen molar-refractivity contribution in [3.63, 3.8) is 0 Å². The van der Waals surface area contributed by atoms with E-state index in [9.17, 15) is 14.7 Å². The average molecular weight is 345 g/mol. The maximum absolute atomic E-state index is 13.5. The van der Waals surface area contributed by atoms with Crippen LogP contribution in [0, 0.1) is 0 Å². The molecule has 1 aliphatic carbocycles. The molecule has 1 spiro atoms. The Kier molecular flexibility index (Phi) is 4.31. The second-order valence-corrected chi connectivity index (χ2v) is 7.76. The monoisotopic (exact) mass is 345 g/mol. The Morgan fingerprint density at radius 2 is 1.88 bits per heavy atom. The number of aliphatic hydroxyl groups excluding tert-OH is 1. The Balaban J connectivity index is 1.57. The first-order chi connectivity index (χ1) is 12.1. The third-order valence-corrected chi connectivity index (χ3v) is 6.33. The van der Waals surface area contributed by atoms with E-state index in [-0.39, 0.29) is 24.0 Å². The normalized spacial score (nSPS) is 33.2. The van der Waals surface area contributed by atoms with Gasteiger partial charge in [-0.15, -0.1) is 0 Å². The molecule has 2 amide bonds. The smallest absolute Gasteiger partial charge is 0.256 e. The van der Waals surface area contributed by atoms with Crippen molar-refractivity contribution >= 4 is 11.8 Å². The van der Waals surface area contributed by atoms with E-state index in [1.165, 1.54) is 0 Å². The molecule has 1 aromatic rings. The van der Waals surface area contributed by atoms with Gasteiger partial charge < -0.3 is 19.9 Å². The first kappa shape index (κ1) is 16.6. The van der Waals surface area contributed by atoms with Gasteiger partial charge in [-0.2, -0.15) is 0 Å². The highest BCUT2D eigenvalue weighted by molar-refractivity contribution is 6.00. The van der Waals surface area contributed by atoms with Crippen molar-refractivity contribution in [2.45, 2.75) is 69.1 Å². The minimum absolute atomic E-state index is 0.0342. The second-order valence-electron chi connectivity index (χ2n) is 7.76. The molecule has 1 atom stereocenters. The lowest BCUT2D eigenvalue weighted by Crippen LogP contribution is -2.63. The molecule has 3 fully saturated rings. The van der Waals surface area contributed by atoms with E-state index in [1.807, 2.05) is 9.80 Å². The van der Waals surface area contributed by atoms with Crippen LogP contribution in [0.2, 0.25) is 0 Å². The molecule has 25 heavy (non-hydrogen) atoms. The fourth-order valence-corrected chi connectivity index (χ4v) is 5.01. The predicted octanol–water partition coefficient (Wildman–Crippen LogP) is 1.92. The van der Waals surface area contributed by atoms with Crippen LogP contribution in [0.4, 0.5) is 0 Å². The summed E-state index contributed by atoms with van der Waals surface area (Å²) >= 11 is 0. The molecule has 136 valence electrons. The Morgan fingerprint density at radius 3 is 2.56 bits per heavy atom. The number of aromatic amines is 1. The zero-order valence-electron chi connectivity index (χ0n) is 14.6. The Hall–Kier alpha value is -1.82. The maximum atomic E-state index is 13.5. The lowest BCUT2D eigenvalue weighted by atomic mass is 9.82. The highest BCUT2D eigenvalue weighted by Gasteiger charge is 2.53. The third kappa shape index (κ3) is 2.76. The molecule has 1 saturated carbocycles. The van der Waals surface area contributed by atoms with E-state index in [1.54, 1.807) is 18.5 Å². The molecule has 2 N–H and O–H groups in total. The SMILES string of the molecule is O=C(c1cc[nH]c1)N1CCCC12CCCN(C1CCC(O)CC1)C2=O. The summed E-state index contributed by atoms with van der Waals surface area (Å²) in [6, 6.07) is 2.00. The largest absolute Gasteiger partial charge is 0.393 e. The number of H-pyrrole nitrogens is 1. The van der Waals surface area contributed by atoms with E-state index in [4.69, 9.17) is 0 Å². The summed E-state index contributed by atoms with van der Waals surface area (Å²) in [5, 5.41) is 9.76. The van der Waals surface area contributed by atoms with Crippen molar-refractivity contribution in [3.05, 3.63) is 24.0 Å². The van der Waals surface area contributed by atoms with Crippen molar-refractivity contribution in [1.82, 2.24) is 14.8 Å². The molecule has 1 unspecified atom stereocenters. The fraction of sp³-hybridized carbons (Fsp3) is 0.684. The fourth-order valence-electron chi connectivity index (χ4n) is 5.01. The number of nitrogens with zero attached hydrogens (tertiary/aromatic N) is 2. The van der Waals surface area contributed by atoms with Crippen molar-refractivity contribution in [3.8, 4) is 0 Å². The van der Waals surface area contributed by atoms with Crippen LogP contribution in [0.1, 0.15) is 61.7 Å². The summed E-state index contributed by atoms with van der Waals surface area (Å²) in [5.74, 6) is 0.106. The molecule has 3 heterocycles. The number of aromatic nitrogens is 1. The standard InChI is InChI=1S/C19H27N3O3/c23-16-5-3-15(4-6-16)21-11-1-8-19(18(21)25)9-2-12-22(19)17(24)14-7-10-20-13-14/h7,10,13,15-16,20,23H,1-6,8-9,11-12H2. The topological polar surface area (TPSA) is 76.6 Å². The predicted molar refractivity (Wildman–Crippen MR) is 93.0 cm³/mol. The third-order valence-electron chi connectivity index (χ3n) is 6.33. The number of rotatable bonds is 2. The molecule has 6 nitrogen and oxygen atoms in total. The van der Waals surface area contributed by atoms with Gasteiger partial charge in [-0.3, -0.25) is 9.59 Å². The second kappa shape index (κ2) is 6.48. The molecule has 6 heteroatoms. The first-order valence-corrected chi connectivity index (χ1v) is 9.56. The van der Waals surface area contributed by atoms with E-state index in [0.717, 1.165) is 57.9 Å². The number of hydrogen-bond acceptors (Lipinski definition) is 3. The van der Waals surface area contributed by atoms with Crippen LogP contribution in [0.5, 0.6) is 0 Å². The Morgan fingerprint density at radius 1 is 1.16 bits per heavy atom. The molecule has 4 rings (SSSR count). The molecule has 0 aromatic carbocycles. The Bertz CT molecular complexity index is 636. The van der Waals surface area contributed by atoms with Crippen LogP contribution >= 0.6 is 0 Å². The van der Waals surface area contributed by atoms with E-state index < -0.39 is 5.54 Å². The van der Waals surface area contributed by atoms with Gasteiger partial charge in [0.15, 0.2) is 0 Å². The van der Waals surface area contributed by atoms with E-state index in [0.29, 0.717) is 12.1 Å². The molecule has 0 radical (unpaired) electrons. The quantitative estimate of drug-likeness (QED) is 0.860.